The first-order valence-corrected chi connectivity index (χ1v) is 5.37. The van der Waals surface area contributed by atoms with Crippen molar-refractivity contribution in [2.45, 2.75) is 64.1 Å². The lowest BCUT2D eigenvalue weighted by atomic mass is 9.83. The Morgan fingerprint density at radius 3 is 2.23 bits per heavy atom. The molecular weight excluding hydrogens is 162 g/mol. The summed E-state index contributed by atoms with van der Waals surface area (Å²) in [6.45, 7) is 6.65. The van der Waals surface area contributed by atoms with Crippen LogP contribution in [-0.4, -0.2) is 24.8 Å². The van der Waals surface area contributed by atoms with Crippen LogP contribution in [0.3, 0.4) is 0 Å². The maximum Gasteiger partial charge on any atom is 0.0652 e. The highest BCUT2D eigenvalue weighted by molar-refractivity contribution is 4.86. The van der Waals surface area contributed by atoms with E-state index in [1.807, 2.05) is 7.11 Å². The van der Waals surface area contributed by atoms with Crippen molar-refractivity contribution in [3.05, 3.63) is 0 Å². The Balaban J connectivity index is 2.30. The number of hydrogen-bond donors (Lipinski definition) is 1. The average molecular weight is 185 g/mol. The molecule has 1 aliphatic carbocycles. The molecule has 0 unspecified atom stereocenters. The fraction of sp³-hybridized carbons (Fsp3) is 1.00. The molecule has 0 spiro atoms. The van der Waals surface area contributed by atoms with Crippen LogP contribution < -0.4 is 5.32 Å². The topological polar surface area (TPSA) is 21.3 Å². The summed E-state index contributed by atoms with van der Waals surface area (Å²) in [5, 5.41) is 3.59. The molecule has 1 N–H and O–H groups in total. The van der Waals surface area contributed by atoms with E-state index in [0.717, 1.165) is 0 Å². The summed E-state index contributed by atoms with van der Waals surface area (Å²) in [7, 11) is 1.83. The zero-order chi connectivity index (χ0) is 9.90. The van der Waals surface area contributed by atoms with Crippen LogP contribution >= 0.6 is 0 Å². The first-order chi connectivity index (χ1) is 6.06. The van der Waals surface area contributed by atoms with E-state index < -0.39 is 0 Å². The molecule has 0 aliphatic heterocycles. The van der Waals surface area contributed by atoms with E-state index in [0.29, 0.717) is 12.1 Å². The Labute approximate surface area is 82.0 Å². The molecule has 0 heterocycles. The highest BCUT2D eigenvalue weighted by Crippen LogP contribution is 2.30. The van der Waals surface area contributed by atoms with Gasteiger partial charge in [-0.15, -0.1) is 0 Å². The van der Waals surface area contributed by atoms with E-state index in [4.69, 9.17) is 4.74 Å². The van der Waals surface area contributed by atoms with Crippen LogP contribution in [0.15, 0.2) is 0 Å². The zero-order valence-electron chi connectivity index (χ0n) is 9.39. The van der Waals surface area contributed by atoms with E-state index >= 15 is 0 Å². The number of rotatable bonds is 3. The first-order valence-electron chi connectivity index (χ1n) is 5.37. The van der Waals surface area contributed by atoms with Crippen LogP contribution in [0.4, 0.5) is 0 Å². The molecular formula is C11H23NO. The van der Waals surface area contributed by atoms with Crippen LogP contribution in [0.1, 0.15) is 46.5 Å². The van der Waals surface area contributed by atoms with Crippen molar-refractivity contribution < 1.29 is 4.74 Å². The van der Waals surface area contributed by atoms with Gasteiger partial charge in [0, 0.05) is 19.2 Å². The zero-order valence-corrected chi connectivity index (χ0v) is 9.39. The van der Waals surface area contributed by atoms with Crippen LogP contribution in [0.2, 0.25) is 0 Å². The quantitative estimate of drug-likeness (QED) is 0.728. The summed E-state index contributed by atoms with van der Waals surface area (Å²) in [6, 6.07) is 1.32. The SMILES string of the molecule is COC1(C)CCC(NC(C)C)CC1. The predicted octanol–water partition coefficient (Wildman–Crippen LogP) is 2.33. The van der Waals surface area contributed by atoms with Gasteiger partial charge in [0.25, 0.3) is 0 Å². The van der Waals surface area contributed by atoms with Crippen LogP contribution in [0.5, 0.6) is 0 Å². The van der Waals surface area contributed by atoms with Gasteiger partial charge in [-0.25, -0.2) is 0 Å². The number of nitrogens with one attached hydrogen (secondary N) is 1. The molecule has 0 aromatic heterocycles. The van der Waals surface area contributed by atoms with Gasteiger partial charge in [-0.2, -0.15) is 0 Å². The second-order valence-electron chi connectivity index (χ2n) is 4.75. The van der Waals surface area contributed by atoms with E-state index in [1.165, 1.54) is 25.7 Å². The monoisotopic (exact) mass is 185 g/mol. The number of methoxy groups -OCH3 is 1. The molecule has 0 amide bonds. The van der Waals surface area contributed by atoms with Gasteiger partial charge >= 0.3 is 0 Å². The van der Waals surface area contributed by atoms with Gasteiger partial charge in [0.15, 0.2) is 0 Å². The Kier molecular flexibility index (Phi) is 3.74. The molecule has 2 heteroatoms. The van der Waals surface area contributed by atoms with Crippen molar-refractivity contribution in [1.29, 1.82) is 0 Å². The molecule has 0 atom stereocenters. The van der Waals surface area contributed by atoms with E-state index in [1.54, 1.807) is 0 Å². The van der Waals surface area contributed by atoms with Gasteiger partial charge in [0.05, 0.1) is 5.60 Å². The van der Waals surface area contributed by atoms with Crippen molar-refractivity contribution >= 4 is 0 Å². The highest BCUT2D eigenvalue weighted by Gasteiger charge is 2.30. The minimum absolute atomic E-state index is 0.148. The largest absolute Gasteiger partial charge is 0.379 e. The molecule has 1 aliphatic rings. The Morgan fingerprint density at radius 1 is 1.31 bits per heavy atom. The van der Waals surface area contributed by atoms with Crippen molar-refractivity contribution in [2.24, 2.45) is 0 Å². The van der Waals surface area contributed by atoms with E-state index in [-0.39, 0.29) is 5.60 Å². The molecule has 0 saturated heterocycles. The summed E-state index contributed by atoms with van der Waals surface area (Å²) >= 11 is 0. The Morgan fingerprint density at radius 2 is 1.85 bits per heavy atom. The lowest BCUT2D eigenvalue weighted by molar-refractivity contribution is -0.0296. The number of hydrogen-bond acceptors (Lipinski definition) is 2. The summed E-state index contributed by atoms with van der Waals surface area (Å²) < 4.78 is 5.50. The van der Waals surface area contributed by atoms with Gasteiger partial charge in [0.2, 0.25) is 0 Å². The lowest BCUT2D eigenvalue weighted by Crippen LogP contribution is -2.42. The summed E-state index contributed by atoms with van der Waals surface area (Å²) in [5.74, 6) is 0. The molecule has 1 rings (SSSR count). The summed E-state index contributed by atoms with van der Waals surface area (Å²) in [5.41, 5.74) is 0.148. The molecule has 0 bridgehead atoms. The molecule has 2 nitrogen and oxygen atoms in total. The van der Waals surface area contributed by atoms with Gasteiger partial charge in [-0.1, -0.05) is 13.8 Å². The normalized spacial score (nSPS) is 35.3. The number of ether oxygens (including phenoxy) is 1. The maximum absolute atomic E-state index is 5.50. The van der Waals surface area contributed by atoms with Gasteiger partial charge < -0.3 is 10.1 Å². The summed E-state index contributed by atoms with van der Waals surface area (Å²) in [4.78, 5) is 0. The molecule has 0 radical (unpaired) electrons. The molecule has 1 saturated carbocycles. The lowest BCUT2D eigenvalue weighted by Gasteiger charge is -2.37. The third kappa shape index (κ3) is 3.28. The molecule has 1 fully saturated rings. The third-order valence-electron chi connectivity index (χ3n) is 3.11. The van der Waals surface area contributed by atoms with Crippen LogP contribution in [-0.2, 0) is 4.74 Å². The molecule has 0 aromatic carbocycles. The fourth-order valence-electron chi connectivity index (χ4n) is 2.07. The Hall–Kier alpha value is -0.0800. The minimum atomic E-state index is 0.148. The van der Waals surface area contributed by atoms with Crippen molar-refractivity contribution in [3.63, 3.8) is 0 Å². The maximum atomic E-state index is 5.50. The van der Waals surface area contributed by atoms with Gasteiger partial charge in [-0.3, -0.25) is 0 Å². The minimum Gasteiger partial charge on any atom is -0.379 e. The third-order valence-corrected chi connectivity index (χ3v) is 3.11. The predicted molar refractivity (Wildman–Crippen MR) is 55.9 cm³/mol. The second kappa shape index (κ2) is 4.43. The van der Waals surface area contributed by atoms with Crippen molar-refractivity contribution in [3.8, 4) is 0 Å². The molecule has 78 valence electrons. The fourth-order valence-corrected chi connectivity index (χ4v) is 2.07. The molecule has 13 heavy (non-hydrogen) atoms. The van der Waals surface area contributed by atoms with Crippen molar-refractivity contribution in [1.82, 2.24) is 5.32 Å². The standard InChI is InChI=1S/C11H23NO/c1-9(2)12-10-5-7-11(3,13-4)8-6-10/h9-10,12H,5-8H2,1-4H3. The van der Waals surface area contributed by atoms with Crippen molar-refractivity contribution in [2.75, 3.05) is 7.11 Å². The van der Waals surface area contributed by atoms with Crippen LogP contribution in [0.25, 0.3) is 0 Å². The van der Waals surface area contributed by atoms with E-state index in [9.17, 15) is 0 Å². The van der Waals surface area contributed by atoms with E-state index in [2.05, 4.69) is 26.1 Å². The average Bonchev–Trinajstić information content (AvgIpc) is 2.09. The van der Waals surface area contributed by atoms with Gasteiger partial charge in [-0.05, 0) is 32.6 Å². The molecule has 0 aromatic rings. The van der Waals surface area contributed by atoms with Crippen LogP contribution in [0, 0.1) is 0 Å². The first kappa shape index (κ1) is 11.0. The Bertz CT molecular complexity index is 148. The van der Waals surface area contributed by atoms with Gasteiger partial charge in [0.1, 0.15) is 0 Å². The second-order valence-corrected chi connectivity index (χ2v) is 4.75. The highest BCUT2D eigenvalue weighted by atomic mass is 16.5. The smallest absolute Gasteiger partial charge is 0.0652 e. The summed E-state index contributed by atoms with van der Waals surface area (Å²) in [6.07, 6.45) is 4.88.